The van der Waals surface area contributed by atoms with Gasteiger partial charge in [0.25, 0.3) is 0 Å². The topological polar surface area (TPSA) is 55.7 Å². The summed E-state index contributed by atoms with van der Waals surface area (Å²) in [6.45, 7) is 0. The van der Waals surface area contributed by atoms with Crippen LogP contribution < -0.4 is 0 Å². The molecule has 0 saturated heterocycles. The minimum Gasteiger partial charge on any atom is -0.286 e. The van der Waals surface area contributed by atoms with Crippen LogP contribution in [0.3, 0.4) is 0 Å². The van der Waals surface area contributed by atoms with E-state index in [1.54, 1.807) is 5.51 Å². The van der Waals surface area contributed by atoms with Crippen molar-refractivity contribution in [1.82, 2.24) is 15.0 Å². The lowest BCUT2D eigenvalue weighted by Gasteiger charge is -1.93. The number of carbonyl (C=O) groups excluding carboxylic acids is 1. The van der Waals surface area contributed by atoms with Gasteiger partial charge in [-0.25, -0.2) is 4.98 Å². The molecule has 0 spiro atoms. The van der Waals surface area contributed by atoms with Gasteiger partial charge in [-0.3, -0.25) is 14.8 Å². The SMILES string of the molecule is O=C(c1cnccn1)c1cncs1. The van der Waals surface area contributed by atoms with Crippen LogP contribution in [-0.2, 0) is 0 Å². The minimum atomic E-state index is -0.129. The molecule has 0 N–H and O–H groups in total. The Labute approximate surface area is 78.3 Å². The molecular formula is C8H5N3OS. The fraction of sp³-hybridized carbons (Fsp3) is 0. The van der Waals surface area contributed by atoms with Gasteiger partial charge in [-0.2, -0.15) is 0 Å². The van der Waals surface area contributed by atoms with E-state index in [0.29, 0.717) is 10.6 Å². The molecule has 2 aromatic heterocycles. The summed E-state index contributed by atoms with van der Waals surface area (Å²) < 4.78 is 0. The molecule has 4 nitrogen and oxygen atoms in total. The highest BCUT2D eigenvalue weighted by Crippen LogP contribution is 2.10. The van der Waals surface area contributed by atoms with E-state index in [0.717, 1.165) is 0 Å². The molecule has 2 rings (SSSR count). The lowest BCUT2D eigenvalue weighted by molar-refractivity contribution is 0.103. The van der Waals surface area contributed by atoms with Gasteiger partial charge < -0.3 is 0 Å². The molecule has 13 heavy (non-hydrogen) atoms. The van der Waals surface area contributed by atoms with Crippen LogP contribution in [0.2, 0.25) is 0 Å². The summed E-state index contributed by atoms with van der Waals surface area (Å²) in [5, 5.41) is 0. The maximum absolute atomic E-state index is 11.6. The van der Waals surface area contributed by atoms with Crippen molar-refractivity contribution in [2.45, 2.75) is 0 Å². The standard InChI is InChI=1S/C8H5N3OS/c12-8(7-4-10-5-13-7)6-3-9-1-2-11-6/h1-5H. The largest absolute Gasteiger partial charge is 0.286 e. The van der Waals surface area contributed by atoms with Gasteiger partial charge in [0.1, 0.15) is 5.69 Å². The van der Waals surface area contributed by atoms with Crippen LogP contribution in [0.5, 0.6) is 0 Å². The molecule has 0 unspecified atom stereocenters. The van der Waals surface area contributed by atoms with Crippen molar-refractivity contribution in [3.63, 3.8) is 0 Å². The lowest BCUT2D eigenvalue weighted by Crippen LogP contribution is -2.01. The van der Waals surface area contributed by atoms with Crippen LogP contribution >= 0.6 is 11.3 Å². The molecule has 0 aliphatic carbocycles. The molecule has 2 aromatic rings. The third-order valence-electron chi connectivity index (χ3n) is 1.45. The third kappa shape index (κ3) is 1.59. The second-order valence-corrected chi connectivity index (χ2v) is 3.17. The summed E-state index contributed by atoms with van der Waals surface area (Å²) >= 11 is 1.30. The highest BCUT2D eigenvalue weighted by molar-refractivity contribution is 7.11. The third-order valence-corrected chi connectivity index (χ3v) is 2.22. The Bertz CT molecular complexity index is 399. The number of aromatic nitrogens is 3. The Balaban J connectivity index is 2.34. The number of ketones is 1. The zero-order valence-corrected chi connectivity index (χ0v) is 7.36. The second kappa shape index (κ2) is 3.40. The van der Waals surface area contributed by atoms with Gasteiger partial charge in [-0.05, 0) is 0 Å². The molecule has 5 heteroatoms. The Morgan fingerprint density at radius 2 is 2.15 bits per heavy atom. The fourth-order valence-corrected chi connectivity index (χ4v) is 1.44. The molecule has 0 saturated carbocycles. The molecular weight excluding hydrogens is 186 g/mol. The summed E-state index contributed by atoms with van der Waals surface area (Å²) in [6.07, 6.45) is 6.00. The van der Waals surface area contributed by atoms with Crippen LogP contribution in [0.15, 0.2) is 30.3 Å². The zero-order chi connectivity index (χ0) is 9.10. The molecule has 0 bridgehead atoms. The van der Waals surface area contributed by atoms with Crippen LogP contribution in [0.25, 0.3) is 0 Å². The molecule has 0 aromatic carbocycles. The van der Waals surface area contributed by atoms with Crippen molar-refractivity contribution in [2.75, 3.05) is 0 Å². The van der Waals surface area contributed by atoms with Gasteiger partial charge in [-0.1, -0.05) is 0 Å². The number of thiazole rings is 1. The molecule has 0 aliphatic heterocycles. The summed E-state index contributed by atoms with van der Waals surface area (Å²) in [7, 11) is 0. The molecule has 0 amide bonds. The Hall–Kier alpha value is -1.62. The predicted octanol–water partition coefficient (Wildman–Crippen LogP) is 1.16. The first kappa shape index (κ1) is 8.00. The van der Waals surface area contributed by atoms with Gasteiger partial charge in [0.2, 0.25) is 5.78 Å². The number of carbonyl (C=O) groups is 1. The smallest absolute Gasteiger partial charge is 0.224 e. The van der Waals surface area contributed by atoms with Crippen molar-refractivity contribution < 1.29 is 4.79 Å². The summed E-state index contributed by atoms with van der Waals surface area (Å²) in [5.74, 6) is -0.129. The average Bonchev–Trinajstić information content (AvgIpc) is 2.71. The first-order chi connectivity index (χ1) is 6.38. The summed E-state index contributed by atoms with van der Waals surface area (Å²) in [6, 6.07) is 0. The van der Waals surface area contributed by atoms with Crippen molar-refractivity contribution in [1.29, 1.82) is 0 Å². The molecule has 0 atom stereocenters. The van der Waals surface area contributed by atoms with Crippen molar-refractivity contribution in [3.8, 4) is 0 Å². The fourth-order valence-electron chi connectivity index (χ4n) is 0.870. The average molecular weight is 191 g/mol. The van der Waals surface area contributed by atoms with E-state index in [-0.39, 0.29) is 5.78 Å². The Kier molecular flexibility index (Phi) is 2.09. The van der Waals surface area contributed by atoms with Gasteiger partial charge in [0, 0.05) is 18.6 Å². The second-order valence-electron chi connectivity index (χ2n) is 2.29. The number of hydrogen-bond donors (Lipinski definition) is 0. The maximum atomic E-state index is 11.6. The summed E-state index contributed by atoms with van der Waals surface area (Å²) in [4.78, 5) is 23.7. The molecule has 0 aliphatic rings. The highest BCUT2D eigenvalue weighted by Gasteiger charge is 2.11. The van der Waals surface area contributed by atoms with E-state index in [1.165, 1.54) is 36.1 Å². The van der Waals surface area contributed by atoms with E-state index in [2.05, 4.69) is 15.0 Å². The van der Waals surface area contributed by atoms with Crippen LogP contribution in [-0.4, -0.2) is 20.7 Å². The normalized spacial score (nSPS) is 9.85. The van der Waals surface area contributed by atoms with Crippen LogP contribution in [0.4, 0.5) is 0 Å². The highest BCUT2D eigenvalue weighted by atomic mass is 32.1. The van der Waals surface area contributed by atoms with E-state index >= 15 is 0 Å². The molecule has 0 radical (unpaired) electrons. The number of nitrogens with zero attached hydrogens (tertiary/aromatic N) is 3. The van der Waals surface area contributed by atoms with Crippen molar-refractivity contribution in [3.05, 3.63) is 40.9 Å². The Morgan fingerprint density at radius 3 is 2.77 bits per heavy atom. The van der Waals surface area contributed by atoms with E-state index < -0.39 is 0 Å². The van der Waals surface area contributed by atoms with E-state index in [1.807, 2.05) is 0 Å². The maximum Gasteiger partial charge on any atom is 0.224 e. The first-order valence-corrected chi connectivity index (χ1v) is 4.45. The molecule has 64 valence electrons. The molecule has 0 fully saturated rings. The van der Waals surface area contributed by atoms with Crippen LogP contribution in [0.1, 0.15) is 15.4 Å². The number of rotatable bonds is 2. The predicted molar refractivity (Wildman–Crippen MR) is 47.6 cm³/mol. The van der Waals surface area contributed by atoms with Crippen LogP contribution in [0, 0.1) is 0 Å². The number of hydrogen-bond acceptors (Lipinski definition) is 5. The van der Waals surface area contributed by atoms with Gasteiger partial charge in [-0.15, -0.1) is 11.3 Å². The summed E-state index contributed by atoms with van der Waals surface area (Å²) in [5.41, 5.74) is 1.97. The van der Waals surface area contributed by atoms with Crippen molar-refractivity contribution in [2.24, 2.45) is 0 Å². The zero-order valence-electron chi connectivity index (χ0n) is 6.54. The first-order valence-electron chi connectivity index (χ1n) is 3.57. The molecule has 2 heterocycles. The minimum absolute atomic E-state index is 0.129. The van der Waals surface area contributed by atoms with E-state index in [9.17, 15) is 4.79 Å². The monoisotopic (exact) mass is 191 g/mol. The van der Waals surface area contributed by atoms with E-state index in [4.69, 9.17) is 0 Å². The quantitative estimate of drug-likeness (QED) is 0.668. The van der Waals surface area contributed by atoms with Gasteiger partial charge >= 0.3 is 0 Å². The Morgan fingerprint density at radius 1 is 1.23 bits per heavy atom. The lowest BCUT2D eigenvalue weighted by atomic mass is 10.3. The van der Waals surface area contributed by atoms with Crippen molar-refractivity contribution >= 4 is 17.1 Å². The van der Waals surface area contributed by atoms with Gasteiger partial charge in [0.15, 0.2) is 0 Å². The van der Waals surface area contributed by atoms with Gasteiger partial charge in [0.05, 0.1) is 16.6 Å².